The number of hydrogen-bond donors (Lipinski definition) is 1. The molecule has 2 aromatic carbocycles. The number of rotatable bonds is 8. The number of nitrogens with one attached hydrogen (secondary N) is 1. The van der Waals surface area contributed by atoms with Gasteiger partial charge in [0.15, 0.2) is 0 Å². The Kier molecular flexibility index (Phi) is 7.85. The van der Waals surface area contributed by atoms with Crippen molar-refractivity contribution >= 4 is 17.7 Å². The Bertz CT molecular complexity index is 1020. The van der Waals surface area contributed by atoms with Gasteiger partial charge in [-0.2, -0.15) is 0 Å². The molecule has 4 rings (SSSR count). The lowest BCUT2D eigenvalue weighted by Crippen LogP contribution is -2.37. The summed E-state index contributed by atoms with van der Waals surface area (Å²) in [5, 5.41) is 12.4. The molecule has 1 amide bonds. The van der Waals surface area contributed by atoms with Crippen molar-refractivity contribution in [1.82, 2.24) is 20.4 Å². The highest BCUT2D eigenvalue weighted by molar-refractivity contribution is 7.98. The molecule has 1 aliphatic rings. The van der Waals surface area contributed by atoms with E-state index < -0.39 is 0 Å². The minimum absolute atomic E-state index is 0.0303. The number of piperidine rings is 1. The molecule has 1 saturated heterocycles. The van der Waals surface area contributed by atoms with Gasteiger partial charge in [-0.1, -0.05) is 30.3 Å². The van der Waals surface area contributed by atoms with Crippen LogP contribution in [-0.4, -0.2) is 47.2 Å². The number of likely N-dealkylation sites (tertiary alicyclic amines) is 1. The average molecular weight is 451 g/mol. The molecular weight excluding hydrogens is 423 g/mol. The van der Waals surface area contributed by atoms with Crippen LogP contribution < -0.4 is 5.32 Å². The normalized spacial score (nSPS) is 14.3. The maximum Gasteiger partial charge on any atom is 0.251 e. The first-order valence-electron chi connectivity index (χ1n) is 11.0. The van der Waals surface area contributed by atoms with E-state index in [2.05, 4.69) is 20.4 Å². The molecule has 1 fully saturated rings. The summed E-state index contributed by atoms with van der Waals surface area (Å²) in [6, 6.07) is 17.7. The Morgan fingerprint density at radius 3 is 2.56 bits per heavy atom. The van der Waals surface area contributed by atoms with Crippen molar-refractivity contribution < 1.29 is 9.18 Å². The first-order valence-corrected chi connectivity index (χ1v) is 12.0. The minimum atomic E-state index is -0.271. The predicted octanol–water partition coefficient (Wildman–Crippen LogP) is 4.79. The number of halogens is 1. The average Bonchev–Trinajstić information content (AvgIpc) is 2.84. The van der Waals surface area contributed by atoms with Crippen LogP contribution in [0.1, 0.15) is 35.2 Å². The smallest absolute Gasteiger partial charge is 0.251 e. The van der Waals surface area contributed by atoms with Gasteiger partial charge in [-0.15, -0.1) is 10.2 Å². The number of thioether (sulfide) groups is 1. The molecule has 0 atom stereocenters. The molecule has 1 aromatic heterocycles. The van der Waals surface area contributed by atoms with Crippen LogP contribution in [0, 0.1) is 5.82 Å². The lowest BCUT2D eigenvalue weighted by molar-refractivity contribution is 0.0946. The zero-order chi connectivity index (χ0) is 22.2. The number of carbonyl (C=O) groups is 1. The van der Waals surface area contributed by atoms with Crippen molar-refractivity contribution in [1.29, 1.82) is 0 Å². The summed E-state index contributed by atoms with van der Waals surface area (Å²) in [5.74, 6) is 0.392. The maximum absolute atomic E-state index is 13.1. The summed E-state index contributed by atoms with van der Waals surface area (Å²) < 4.78 is 13.1. The van der Waals surface area contributed by atoms with Crippen LogP contribution in [0.5, 0.6) is 0 Å². The van der Waals surface area contributed by atoms with Crippen molar-refractivity contribution in [2.75, 3.05) is 26.2 Å². The van der Waals surface area contributed by atoms with Crippen LogP contribution in [0.3, 0.4) is 0 Å². The monoisotopic (exact) mass is 450 g/mol. The first kappa shape index (κ1) is 22.4. The summed E-state index contributed by atoms with van der Waals surface area (Å²) in [5.41, 5.74) is 3.27. The van der Waals surface area contributed by atoms with Crippen molar-refractivity contribution in [3.8, 4) is 11.3 Å². The zero-order valence-corrected chi connectivity index (χ0v) is 18.8. The summed E-state index contributed by atoms with van der Waals surface area (Å²) in [6.07, 6.45) is 3.83. The molecule has 2 heterocycles. The highest BCUT2D eigenvalue weighted by atomic mass is 32.2. The summed E-state index contributed by atoms with van der Waals surface area (Å²) in [4.78, 5) is 14.9. The number of aromatic nitrogens is 2. The van der Waals surface area contributed by atoms with Gasteiger partial charge in [-0.3, -0.25) is 4.79 Å². The van der Waals surface area contributed by atoms with Gasteiger partial charge in [-0.25, -0.2) is 4.39 Å². The number of benzene rings is 2. The number of amides is 1. The third-order valence-corrected chi connectivity index (χ3v) is 6.51. The van der Waals surface area contributed by atoms with E-state index in [0.29, 0.717) is 23.6 Å². The highest BCUT2D eigenvalue weighted by Gasteiger charge is 2.11. The molecule has 5 nitrogen and oxygen atoms in total. The molecule has 1 aliphatic heterocycles. The summed E-state index contributed by atoms with van der Waals surface area (Å²) in [7, 11) is 0. The fraction of sp³-hybridized carbons (Fsp3) is 0.320. The molecular formula is C25H27FN4OS. The van der Waals surface area contributed by atoms with Crippen molar-refractivity contribution in [2.45, 2.75) is 30.0 Å². The maximum atomic E-state index is 13.1. The molecule has 0 bridgehead atoms. The molecule has 1 N–H and O–H groups in total. The Morgan fingerprint density at radius 2 is 1.81 bits per heavy atom. The van der Waals surface area contributed by atoms with Gasteiger partial charge in [0, 0.05) is 30.0 Å². The predicted molar refractivity (Wildman–Crippen MR) is 126 cm³/mol. The Hall–Kier alpha value is -2.77. The Morgan fingerprint density at radius 1 is 1.00 bits per heavy atom. The van der Waals surface area contributed by atoms with E-state index in [9.17, 15) is 9.18 Å². The lowest BCUT2D eigenvalue weighted by atomic mass is 10.1. The van der Waals surface area contributed by atoms with Crippen LogP contribution in [0.25, 0.3) is 11.3 Å². The van der Waals surface area contributed by atoms with Gasteiger partial charge < -0.3 is 10.2 Å². The van der Waals surface area contributed by atoms with Crippen LogP contribution in [0.4, 0.5) is 4.39 Å². The highest BCUT2D eigenvalue weighted by Crippen LogP contribution is 2.23. The summed E-state index contributed by atoms with van der Waals surface area (Å²) in [6.45, 7) is 3.86. The third-order valence-electron chi connectivity index (χ3n) is 5.52. The number of hydrogen-bond acceptors (Lipinski definition) is 5. The first-order chi connectivity index (χ1) is 15.7. The number of nitrogens with zero attached hydrogens (tertiary/aromatic N) is 3. The van der Waals surface area contributed by atoms with Gasteiger partial charge in [0.2, 0.25) is 0 Å². The van der Waals surface area contributed by atoms with Crippen LogP contribution >= 0.6 is 11.8 Å². The Labute approximate surface area is 192 Å². The molecule has 0 radical (unpaired) electrons. The molecule has 7 heteroatoms. The number of carbonyl (C=O) groups excluding carboxylic acids is 1. The third kappa shape index (κ3) is 6.37. The van der Waals surface area contributed by atoms with Crippen molar-refractivity contribution in [3.05, 3.63) is 77.6 Å². The second kappa shape index (κ2) is 11.2. The van der Waals surface area contributed by atoms with Gasteiger partial charge >= 0.3 is 0 Å². The Balaban J connectivity index is 1.27. The van der Waals surface area contributed by atoms with Crippen LogP contribution in [-0.2, 0) is 5.75 Å². The van der Waals surface area contributed by atoms with E-state index in [-0.39, 0.29) is 11.7 Å². The van der Waals surface area contributed by atoms with Crippen LogP contribution in [0.2, 0.25) is 0 Å². The van der Waals surface area contributed by atoms with Crippen LogP contribution in [0.15, 0.2) is 65.7 Å². The molecule has 166 valence electrons. The molecule has 0 aliphatic carbocycles. The van der Waals surface area contributed by atoms with Gasteiger partial charge in [0.05, 0.1) is 5.69 Å². The van der Waals surface area contributed by atoms with E-state index in [1.807, 2.05) is 36.4 Å². The van der Waals surface area contributed by atoms with Gasteiger partial charge in [0.1, 0.15) is 10.8 Å². The second-order valence-electron chi connectivity index (χ2n) is 7.91. The lowest BCUT2D eigenvalue weighted by Gasteiger charge is -2.26. The largest absolute Gasteiger partial charge is 0.351 e. The molecule has 0 saturated carbocycles. The quantitative estimate of drug-likeness (QED) is 0.500. The summed E-state index contributed by atoms with van der Waals surface area (Å²) >= 11 is 1.56. The minimum Gasteiger partial charge on any atom is -0.351 e. The second-order valence-corrected chi connectivity index (χ2v) is 8.91. The van der Waals surface area contributed by atoms with E-state index in [0.717, 1.165) is 35.8 Å². The standard InChI is InChI=1S/C25H27FN4OS/c26-22-9-7-20(8-10-22)23-11-12-24(29-28-23)32-18-19-5-4-6-21(17-19)25(31)27-13-16-30-14-2-1-3-15-30/h4-12,17H,1-3,13-16,18H2,(H,27,31). The SMILES string of the molecule is O=C(NCCN1CCCCC1)c1cccc(CSc2ccc(-c3ccc(F)cc3)nn2)c1. The van der Waals surface area contributed by atoms with E-state index >= 15 is 0 Å². The fourth-order valence-electron chi connectivity index (χ4n) is 3.74. The van der Waals surface area contributed by atoms with E-state index in [1.165, 1.54) is 31.4 Å². The molecule has 0 spiro atoms. The molecule has 0 unspecified atom stereocenters. The van der Waals surface area contributed by atoms with Crippen molar-refractivity contribution in [3.63, 3.8) is 0 Å². The van der Waals surface area contributed by atoms with E-state index in [1.54, 1.807) is 23.9 Å². The van der Waals surface area contributed by atoms with Gasteiger partial charge in [-0.05, 0) is 80.0 Å². The van der Waals surface area contributed by atoms with Gasteiger partial charge in [0.25, 0.3) is 5.91 Å². The molecule has 3 aromatic rings. The fourth-order valence-corrected chi connectivity index (χ4v) is 4.50. The topological polar surface area (TPSA) is 58.1 Å². The van der Waals surface area contributed by atoms with Crippen molar-refractivity contribution in [2.24, 2.45) is 0 Å². The molecule has 32 heavy (non-hydrogen) atoms. The van der Waals surface area contributed by atoms with E-state index in [4.69, 9.17) is 0 Å². The zero-order valence-electron chi connectivity index (χ0n) is 18.0.